The maximum atomic E-state index is 11.7. The van der Waals surface area contributed by atoms with Crippen LogP contribution >= 0.6 is 0 Å². The number of benzene rings is 1. The van der Waals surface area contributed by atoms with Gasteiger partial charge in [0.1, 0.15) is 5.82 Å². The second-order valence-electron chi connectivity index (χ2n) is 5.11. The Hall–Kier alpha value is -2.82. The number of amides is 1. The molecular weight excluding hydrogens is 278 g/mol. The highest BCUT2D eigenvalue weighted by Crippen LogP contribution is 2.16. The minimum absolute atomic E-state index is 0.205. The smallest absolute Gasteiger partial charge is 0.286 e. The number of rotatable bonds is 5. The highest BCUT2D eigenvalue weighted by atomic mass is 16.3. The average Bonchev–Trinajstić information content (AvgIpc) is 3.19. The molecule has 3 aromatic rings. The molecular formula is C17H17N3O2. The number of furan rings is 1. The quantitative estimate of drug-likeness (QED) is 0.760. The molecule has 0 fully saturated rings. The number of aromatic amines is 1. The molecule has 2 heterocycles. The van der Waals surface area contributed by atoms with Crippen molar-refractivity contribution in [3.8, 4) is 11.4 Å². The fourth-order valence-electron chi connectivity index (χ4n) is 2.15. The van der Waals surface area contributed by atoms with Crippen molar-refractivity contribution in [1.29, 1.82) is 0 Å². The third-order valence-electron chi connectivity index (χ3n) is 3.38. The van der Waals surface area contributed by atoms with Gasteiger partial charge in [-0.2, -0.15) is 0 Å². The molecule has 5 nitrogen and oxygen atoms in total. The minimum atomic E-state index is -0.205. The number of H-pyrrole nitrogens is 1. The Morgan fingerprint density at radius 2 is 2.09 bits per heavy atom. The molecule has 0 bridgehead atoms. The van der Waals surface area contributed by atoms with Crippen LogP contribution in [0.2, 0.25) is 0 Å². The Morgan fingerprint density at radius 3 is 2.82 bits per heavy atom. The molecule has 0 saturated heterocycles. The van der Waals surface area contributed by atoms with Crippen LogP contribution in [0.5, 0.6) is 0 Å². The molecule has 0 aliphatic heterocycles. The van der Waals surface area contributed by atoms with Crippen molar-refractivity contribution in [1.82, 2.24) is 15.3 Å². The van der Waals surface area contributed by atoms with Gasteiger partial charge >= 0.3 is 0 Å². The van der Waals surface area contributed by atoms with E-state index in [2.05, 4.69) is 34.3 Å². The summed E-state index contributed by atoms with van der Waals surface area (Å²) in [5.41, 5.74) is 3.25. The van der Waals surface area contributed by atoms with E-state index in [9.17, 15) is 4.79 Å². The first-order valence-electron chi connectivity index (χ1n) is 7.15. The Kier molecular flexibility index (Phi) is 4.05. The highest BCUT2D eigenvalue weighted by molar-refractivity contribution is 5.91. The minimum Gasteiger partial charge on any atom is -0.459 e. The third-order valence-corrected chi connectivity index (χ3v) is 3.38. The lowest BCUT2D eigenvalue weighted by Gasteiger charge is -2.01. The summed E-state index contributed by atoms with van der Waals surface area (Å²) in [6.07, 6.45) is 3.97. The molecule has 22 heavy (non-hydrogen) atoms. The van der Waals surface area contributed by atoms with Gasteiger partial charge < -0.3 is 14.7 Å². The largest absolute Gasteiger partial charge is 0.459 e. The second-order valence-corrected chi connectivity index (χ2v) is 5.11. The number of aromatic nitrogens is 2. The van der Waals surface area contributed by atoms with Gasteiger partial charge in [0, 0.05) is 30.4 Å². The molecule has 5 heteroatoms. The number of hydrogen-bond acceptors (Lipinski definition) is 3. The van der Waals surface area contributed by atoms with Gasteiger partial charge in [-0.25, -0.2) is 4.98 Å². The van der Waals surface area contributed by atoms with Gasteiger partial charge in [-0.3, -0.25) is 4.79 Å². The van der Waals surface area contributed by atoms with E-state index < -0.39 is 0 Å². The molecule has 2 aromatic heterocycles. The Labute approximate surface area is 128 Å². The van der Waals surface area contributed by atoms with Crippen LogP contribution in [0.15, 0.2) is 53.3 Å². The van der Waals surface area contributed by atoms with Crippen LogP contribution in [0, 0.1) is 6.92 Å². The lowest BCUT2D eigenvalue weighted by atomic mass is 10.1. The van der Waals surface area contributed by atoms with E-state index >= 15 is 0 Å². The summed E-state index contributed by atoms with van der Waals surface area (Å²) in [6.45, 7) is 2.58. The number of hydrogen-bond donors (Lipinski definition) is 2. The monoisotopic (exact) mass is 295 g/mol. The van der Waals surface area contributed by atoms with Gasteiger partial charge in [-0.05, 0) is 19.1 Å². The van der Waals surface area contributed by atoms with E-state index in [0.717, 1.165) is 17.1 Å². The molecule has 0 radical (unpaired) electrons. The molecule has 1 aromatic carbocycles. The van der Waals surface area contributed by atoms with Crippen molar-refractivity contribution in [2.45, 2.75) is 13.3 Å². The molecule has 0 aliphatic carbocycles. The van der Waals surface area contributed by atoms with Crippen LogP contribution in [-0.2, 0) is 6.42 Å². The number of imidazole rings is 1. The average molecular weight is 295 g/mol. The van der Waals surface area contributed by atoms with Crippen LogP contribution in [0.4, 0.5) is 0 Å². The fourth-order valence-corrected chi connectivity index (χ4v) is 2.15. The highest BCUT2D eigenvalue weighted by Gasteiger charge is 2.08. The number of carbonyl (C=O) groups is 1. The normalized spacial score (nSPS) is 10.6. The molecule has 0 saturated carbocycles. The SMILES string of the molecule is Cc1ccc(-c2ncc(CCNC(=O)c3ccco3)[nH]2)cc1. The number of nitrogens with one attached hydrogen (secondary N) is 2. The molecule has 0 aliphatic rings. The van der Waals surface area contributed by atoms with Crippen molar-refractivity contribution in [2.75, 3.05) is 6.54 Å². The maximum Gasteiger partial charge on any atom is 0.286 e. The van der Waals surface area contributed by atoms with Crippen LogP contribution < -0.4 is 5.32 Å². The van der Waals surface area contributed by atoms with Gasteiger partial charge in [0.05, 0.1) is 6.26 Å². The van der Waals surface area contributed by atoms with E-state index in [4.69, 9.17) is 4.42 Å². The van der Waals surface area contributed by atoms with Crippen LogP contribution in [0.3, 0.4) is 0 Å². The predicted octanol–water partition coefficient (Wildman–Crippen LogP) is 2.95. The van der Waals surface area contributed by atoms with E-state index in [1.54, 1.807) is 18.3 Å². The topological polar surface area (TPSA) is 70.9 Å². The first kappa shape index (κ1) is 14.1. The first-order chi connectivity index (χ1) is 10.7. The lowest BCUT2D eigenvalue weighted by Crippen LogP contribution is -2.25. The molecule has 3 rings (SSSR count). The van der Waals surface area contributed by atoms with Gasteiger partial charge in [0.2, 0.25) is 0 Å². The number of carbonyl (C=O) groups excluding carboxylic acids is 1. The molecule has 0 spiro atoms. The Bertz CT molecular complexity index is 743. The molecule has 112 valence electrons. The summed E-state index contributed by atoms with van der Waals surface area (Å²) in [5, 5.41) is 2.81. The molecule has 0 atom stereocenters. The summed E-state index contributed by atoms with van der Waals surface area (Å²) in [5.74, 6) is 0.959. The first-order valence-corrected chi connectivity index (χ1v) is 7.15. The van der Waals surface area contributed by atoms with Crippen LogP contribution in [-0.4, -0.2) is 22.4 Å². The van der Waals surface area contributed by atoms with E-state index in [1.807, 2.05) is 12.1 Å². The van der Waals surface area contributed by atoms with Gasteiger partial charge in [-0.1, -0.05) is 29.8 Å². The molecule has 1 amide bonds. The van der Waals surface area contributed by atoms with Crippen molar-refractivity contribution in [2.24, 2.45) is 0 Å². The number of nitrogens with zero attached hydrogens (tertiary/aromatic N) is 1. The fraction of sp³-hybridized carbons (Fsp3) is 0.176. The Balaban J connectivity index is 1.56. The van der Waals surface area contributed by atoms with Crippen molar-refractivity contribution in [3.05, 3.63) is 65.9 Å². The summed E-state index contributed by atoms with van der Waals surface area (Å²) >= 11 is 0. The molecule has 2 N–H and O–H groups in total. The summed E-state index contributed by atoms with van der Waals surface area (Å²) in [4.78, 5) is 19.4. The van der Waals surface area contributed by atoms with Crippen molar-refractivity contribution >= 4 is 5.91 Å². The van der Waals surface area contributed by atoms with Crippen molar-refractivity contribution < 1.29 is 9.21 Å². The van der Waals surface area contributed by atoms with Crippen LogP contribution in [0.25, 0.3) is 11.4 Å². The van der Waals surface area contributed by atoms with Crippen LogP contribution in [0.1, 0.15) is 21.8 Å². The lowest BCUT2D eigenvalue weighted by molar-refractivity contribution is 0.0926. The standard InChI is InChI=1S/C17H17N3O2/c1-12-4-6-13(7-5-12)16-19-11-14(20-16)8-9-18-17(21)15-3-2-10-22-15/h2-7,10-11H,8-9H2,1H3,(H,18,21)(H,19,20). The van der Waals surface area contributed by atoms with Gasteiger partial charge in [0.15, 0.2) is 5.76 Å². The second kappa shape index (κ2) is 6.30. The summed E-state index contributed by atoms with van der Waals surface area (Å²) < 4.78 is 5.04. The maximum absolute atomic E-state index is 11.7. The van der Waals surface area contributed by atoms with Crippen molar-refractivity contribution in [3.63, 3.8) is 0 Å². The molecule has 0 unspecified atom stereocenters. The zero-order valence-corrected chi connectivity index (χ0v) is 12.3. The van der Waals surface area contributed by atoms with Gasteiger partial charge in [0.25, 0.3) is 5.91 Å². The zero-order chi connectivity index (χ0) is 15.4. The summed E-state index contributed by atoms with van der Waals surface area (Å²) in [6, 6.07) is 11.5. The third kappa shape index (κ3) is 3.25. The van der Waals surface area contributed by atoms with E-state index in [-0.39, 0.29) is 5.91 Å². The predicted molar refractivity (Wildman–Crippen MR) is 83.5 cm³/mol. The summed E-state index contributed by atoms with van der Waals surface area (Å²) in [7, 11) is 0. The number of aryl methyl sites for hydroxylation is 1. The van der Waals surface area contributed by atoms with Gasteiger partial charge in [-0.15, -0.1) is 0 Å². The van der Waals surface area contributed by atoms with E-state index in [0.29, 0.717) is 18.7 Å². The van der Waals surface area contributed by atoms with E-state index in [1.165, 1.54) is 11.8 Å². The Morgan fingerprint density at radius 1 is 1.27 bits per heavy atom. The zero-order valence-electron chi connectivity index (χ0n) is 12.3.